The van der Waals surface area contributed by atoms with Gasteiger partial charge in [-0.3, -0.25) is 0 Å². The summed E-state index contributed by atoms with van der Waals surface area (Å²) in [4.78, 5) is 8.42. The lowest BCUT2D eigenvalue weighted by atomic mass is 10.2. The van der Waals surface area contributed by atoms with E-state index < -0.39 is 0 Å². The highest BCUT2D eigenvalue weighted by molar-refractivity contribution is 7.99. The van der Waals surface area contributed by atoms with E-state index in [1.165, 1.54) is 0 Å². The summed E-state index contributed by atoms with van der Waals surface area (Å²) in [5.41, 5.74) is 6.51. The number of ether oxygens (including phenoxy) is 1. The van der Waals surface area contributed by atoms with Crippen LogP contribution in [0.15, 0.2) is 17.6 Å². The molecule has 0 saturated carbocycles. The molecule has 0 amide bonds. The third-order valence-electron chi connectivity index (χ3n) is 1.63. The number of thioether (sulfide) groups is 1. The molecule has 4 nitrogen and oxygen atoms in total. The Morgan fingerprint density at radius 2 is 2.14 bits per heavy atom. The highest BCUT2D eigenvalue weighted by Gasteiger charge is 1.97. The zero-order chi connectivity index (χ0) is 10.2. The zero-order valence-corrected chi connectivity index (χ0v) is 9.09. The summed E-state index contributed by atoms with van der Waals surface area (Å²) in [6.07, 6.45) is 4.49. The first-order valence-corrected chi connectivity index (χ1v) is 5.48. The van der Waals surface area contributed by atoms with E-state index in [9.17, 15) is 0 Å². The molecule has 0 saturated heterocycles. The monoisotopic (exact) mass is 213 g/mol. The lowest BCUT2D eigenvalue weighted by molar-refractivity contribution is 0.218. The molecule has 0 fully saturated rings. The molecular formula is C9H15N3OS. The third kappa shape index (κ3) is 4.04. The Morgan fingerprint density at radius 3 is 2.71 bits per heavy atom. The normalized spacial score (nSPS) is 10.4. The molecule has 0 aliphatic rings. The van der Waals surface area contributed by atoms with E-state index in [1.807, 2.05) is 12.4 Å². The molecule has 0 atom stereocenters. The lowest BCUT2D eigenvalue weighted by Gasteiger charge is -2.00. The van der Waals surface area contributed by atoms with Crippen molar-refractivity contribution in [1.29, 1.82) is 0 Å². The summed E-state index contributed by atoms with van der Waals surface area (Å²) in [7, 11) is 1.69. The predicted octanol–water partition coefficient (Wildman–Crippen LogP) is 0.716. The number of methoxy groups -OCH3 is 1. The van der Waals surface area contributed by atoms with Gasteiger partial charge in [0, 0.05) is 25.3 Å². The standard InChI is InChI=1S/C9H15N3OS/c1-13-4-5-14-9-11-6-8(2-3-10)7-12-9/h6-7H,2-5,10H2,1H3. The molecule has 0 aromatic carbocycles. The maximum Gasteiger partial charge on any atom is 0.187 e. The van der Waals surface area contributed by atoms with Crippen LogP contribution in [0.3, 0.4) is 0 Å². The summed E-state index contributed by atoms with van der Waals surface area (Å²) in [6.45, 7) is 1.36. The molecule has 0 aliphatic heterocycles. The first-order valence-electron chi connectivity index (χ1n) is 4.49. The van der Waals surface area contributed by atoms with Crippen molar-refractivity contribution in [2.24, 2.45) is 5.73 Å². The van der Waals surface area contributed by atoms with Crippen molar-refractivity contribution in [3.63, 3.8) is 0 Å². The second-order valence-corrected chi connectivity index (χ2v) is 3.82. The van der Waals surface area contributed by atoms with Gasteiger partial charge in [-0.05, 0) is 18.5 Å². The molecule has 0 spiro atoms. The average molecular weight is 213 g/mol. The SMILES string of the molecule is COCCSc1ncc(CCN)cn1. The Labute approximate surface area is 88.3 Å². The van der Waals surface area contributed by atoms with Gasteiger partial charge >= 0.3 is 0 Å². The first-order chi connectivity index (χ1) is 6.86. The Balaban J connectivity index is 2.38. The van der Waals surface area contributed by atoms with E-state index in [0.29, 0.717) is 6.54 Å². The fourth-order valence-electron chi connectivity index (χ4n) is 0.930. The first kappa shape index (κ1) is 11.4. The quantitative estimate of drug-likeness (QED) is 0.428. The fourth-order valence-corrected chi connectivity index (χ4v) is 1.62. The van der Waals surface area contributed by atoms with Gasteiger partial charge < -0.3 is 10.5 Å². The maximum absolute atomic E-state index is 5.42. The number of hydrogen-bond donors (Lipinski definition) is 1. The van der Waals surface area contributed by atoms with Crippen LogP contribution < -0.4 is 5.73 Å². The molecular weight excluding hydrogens is 198 g/mol. The van der Waals surface area contributed by atoms with Gasteiger partial charge in [0.05, 0.1) is 6.61 Å². The van der Waals surface area contributed by atoms with Crippen LogP contribution >= 0.6 is 11.8 Å². The number of hydrogen-bond acceptors (Lipinski definition) is 5. The van der Waals surface area contributed by atoms with Crippen molar-refractivity contribution in [3.8, 4) is 0 Å². The van der Waals surface area contributed by atoms with Gasteiger partial charge in [-0.2, -0.15) is 0 Å². The largest absolute Gasteiger partial charge is 0.384 e. The van der Waals surface area contributed by atoms with E-state index in [2.05, 4.69) is 9.97 Å². The Morgan fingerprint density at radius 1 is 1.43 bits per heavy atom. The highest BCUT2D eigenvalue weighted by atomic mass is 32.2. The maximum atomic E-state index is 5.42. The minimum Gasteiger partial charge on any atom is -0.384 e. The summed E-state index contributed by atoms with van der Waals surface area (Å²) >= 11 is 1.59. The topological polar surface area (TPSA) is 61.0 Å². The number of rotatable bonds is 6. The molecule has 14 heavy (non-hydrogen) atoms. The zero-order valence-electron chi connectivity index (χ0n) is 8.27. The fraction of sp³-hybridized carbons (Fsp3) is 0.556. The summed E-state index contributed by atoms with van der Waals surface area (Å²) in [6, 6.07) is 0. The summed E-state index contributed by atoms with van der Waals surface area (Å²) in [5.74, 6) is 0.882. The predicted molar refractivity (Wildman–Crippen MR) is 57.4 cm³/mol. The van der Waals surface area contributed by atoms with E-state index in [-0.39, 0.29) is 0 Å². The van der Waals surface area contributed by atoms with Gasteiger partial charge in [0.2, 0.25) is 0 Å². The van der Waals surface area contributed by atoms with E-state index in [4.69, 9.17) is 10.5 Å². The van der Waals surface area contributed by atoms with Crippen LogP contribution in [0.4, 0.5) is 0 Å². The molecule has 78 valence electrons. The Kier molecular flexibility index (Phi) is 5.51. The molecule has 0 radical (unpaired) electrons. The van der Waals surface area contributed by atoms with Gasteiger partial charge in [0.1, 0.15) is 0 Å². The Bertz CT molecular complexity index is 253. The van der Waals surface area contributed by atoms with Crippen molar-refractivity contribution in [3.05, 3.63) is 18.0 Å². The highest BCUT2D eigenvalue weighted by Crippen LogP contribution is 2.11. The molecule has 0 aliphatic carbocycles. The van der Waals surface area contributed by atoms with Gasteiger partial charge in [-0.1, -0.05) is 11.8 Å². The van der Waals surface area contributed by atoms with Crippen molar-refractivity contribution in [2.75, 3.05) is 26.0 Å². The lowest BCUT2D eigenvalue weighted by Crippen LogP contribution is -2.03. The number of aromatic nitrogens is 2. The van der Waals surface area contributed by atoms with Crippen molar-refractivity contribution >= 4 is 11.8 Å². The molecule has 5 heteroatoms. The number of nitrogens with zero attached hydrogens (tertiary/aromatic N) is 2. The molecule has 1 rings (SSSR count). The van der Waals surface area contributed by atoms with Crippen LogP contribution in [0, 0.1) is 0 Å². The van der Waals surface area contributed by atoms with Crippen LogP contribution in [-0.4, -0.2) is 36.0 Å². The molecule has 1 aromatic rings. The minimum atomic E-state index is 0.638. The van der Waals surface area contributed by atoms with E-state index in [1.54, 1.807) is 18.9 Å². The summed E-state index contributed by atoms with van der Waals surface area (Å²) in [5, 5.41) is 0.794. The van der Waals surface area contributed by atoms with Crippen LogP contribution in [0.2, 0.25) is 0 Å². The third-order valence-corrected chi connectivity index (χ3v) is 2.47. The van der Waals surface area contributed by atoms with Crippen LogP contribution in [0.5, 0.6) is 0 Å². The van der Waals surface area contributed by atoms with E-state index in [0.717, 1.165) is 29.5 Å². The van der Waals surface area contributed by atoms with Gasteiger partial charge in [0.15, 0.2) is 5.16 Å². The molecule has 1 aromatic heterocycles. The molecule has 1 heterocycles. The van der Waals surface area contributed by atoms with Gasteiger partial charge in [-0.15, -0.1) is 0 Å². The summed E-state index contributed by atoms with van der Waals surface area (Å²) < 4.78 is 4.93. The van der Waals surface area contributed by atoms with Crippen molar-refractivity contribution in [2.45, 2.75) is 11.6 Å². The average Bonchev–Trinajstić information content (AvgIpc) is 2.21. The van der Waals surface area contributed by atoms with Crippen molar-refractivity contribution < 1.29 is 4.74 Å². The van der Waals surface area contributed by atoms with Crippen LogP contribution in [0.25, 0.3) is 0 Å². The van der Waals surface area contributed by atoms with Crippen molar-refractivity contribution in [1.82, 2.24) is 9.97 Å². The van der Waals surface area contributed by atoms with Crippen LogP contribution in [0.1, 0.15) is 5.56 Å². The van der Waals surface area contributed by atoms with Gasteiger partial charge in [-0.25, -0.2) is 9.97 Å². The minimum absolute atomic E-state index is 0.638. The molecule has 0 unspecified atom stereocenters. The number of nitrogens with two attached hydrogens (primary N) is 1. The van der Waals surface area contributed by atoms with E-state index >= 15 is 0 Å². The molecule has 2 N–H and O–H groups in total. The molecule has 0 bridgehead atoms. The smallest absolute Gasteiger partial charge is 0.187 e. The second-order valence-electron chi connectivity index (χ2n) is 2.75. The van der Waals surface area contributed by atoms with Gasteiger partial charge in [0.25, 0.3) is 0 Å². The second kappa shape index (κ2) is 6.75. The Hall–Kier alpha value is -0.650. The van der Waals surface area contributed by atoms with Crippen LogP contribution in [-0.2, 0) is 11.2 Å².